The summed E-state index contributed by atoms with van der Waals surface area (Å²) in [6.07, 6.45) is 6.30. The molecule has 3 atom stereocenters. The molecule has 1 aliphatic carbocycles. The van der Waals surface area contributed by atoms with Crippen molar-refractivity contribution in [2.24, 2.45) is 11.8 Å². The molecule has 0 aliphatic heterocycles. The van der Waals surface area contributed by atoms with Crippen molar-refractivity contribution >= 4 is 0 Å². The largest absolute Gasteiger partial charge is 0.389 e. The number of ether oxygens (including phenoxy) is 1. The highest BCUT2D eigenvalue weighted by atomic mass is 16.5. The van der Waals surface area contributed by atoms with E-state index < -0.39 is 0 Å². The predicted molar refractivity (Wildman–Crippen MR) is 75.7 cm³/mol. The van der Waals surface area contributed by atoms with Crippen LogP contribution in [0.3, 0.4) is 0 Å². The first kappa shape index (κ1) is 15.9. The molecule has 2 N–H and O–H groups in total. The van der Waals surface area contributed by atoms with Crippen molar-refractivity contribution in [3.05, 3.63) is 0 Å². The SMILES string of the molecule is CC[C@H]1CCCC[C@H]1OC[C@@H](O)CNCC(C)C. The molecule has 0 unspecified atom stereocenters. The third kappa shape index (κ3) is 6.17. The predicted octanol–water partition coefficient (Wildman–Crippen LogP) is 2.58. The van der Waals surface area contributed by atoms with Crippen molar-refractivity contribution in [2.75, 3.05) is 19.7 Å². The van der Waals surface area contributed by atoms with E-state index in [9.17, 15) is 5.11 Å². The van der Waals surface area contributed by atoms with Gasteiger partial charge in [-0.15, -0.1) is 0 Å². The van der Waals surface area contributed by atoms with E-state index in [1.165, 1.54) is 32.1 Å². The van der Waals surface area contributed by atoms with Crippen LogP contribution in [0, 0.1) is 11.8 Å². The van der Waals surface area contributed by atoms with Gasteiger partial charge >= 0.3 is 0 Å². The van der Waals surface area contributed by atoms with E-state index in [0.717, 1.165) is 6.54 Å². The lowest BCUT2D eigenvalue weighted by Crippen LogP contribution is -2.36. The number of hydrogen-bond donors (Lipinski definition) is 2. The minimum atomic E-state index is -0.372. The van der Waals surface area contributed by atoms with Gasteiger partial charge in [0.2, 0.25) is 0 Å². The Balaban J connectivity index is 2.14. The summed E-state index contributed by atoms with van der Waals surface area (Å²) in [7, 11) is 0. The Morgan fingerprint density at radius 2 is 1.94 bits per heavy atom. The van der Waals surface area contributed by atoms with E-state index in [2.05, 4.69) is 26.1 Å². The summed E-state index contributed by atoms with van der Waals surface area (Å²) in [4.78, 5) is 0. The summed E-state index contributed by atoms with van der Waals surface area (Å²) in [5.41, 5.74) is 0. The molecule has 0 radical (unpaired) electrons. The summed E-state index contributed by atoms with van der Waals surface area (Å²) < 4.78 is 5.92. The van der Waals surface area contributed by atoms with Crippen LogP contribution in [0.4, 0.5) is 0 Å². The van der Waals surface area contributed by atoms with Crippen molar-refractivity contribution in [3.8, 4) is 0 Å². The smallest absolute Gasteiger partial charge is 0.0897 e. The average Bonchev–Trinajstić information content (AvgIpc) is 2.36. The van der Waals surface area contributed by atoms with Gasteiger partial charge in [0.15, 0.2) is 0 Å². The zero-order chi connectivity index (χ0) is 13.4. The Labute approximate surface area is 112 Å². The van der Waals surface area contributed by atoms with Crippen LogP contribution in [0.15, 0.2) is 0 Å². The minimum absolute atomic E-state index is 0.372. The zero-order valence-electron chi connectivity index (χ0n) is 12.3. The van der Waals surface area contributed by atoms with Crippen molar-refractivity contribution in [1.82, 2.24) is 5.32 Å². The number of nitrogens with one attached hydrogen (secondary N) is 1. The maximum absolute atomic E-state index is 9.86. The molecule has 1 rings (SSSR count). The second kappa shape index (κ2) is 8.89. The molecular weight excluding hydrogens is 226 g/mol. The third-order valence-corrected chi connectivity index (χ3v) is 3.80. The Morgan fingerprint density at radius 3 is 2.61 bits per heavy atom. The molecule has 0 aromatic heterocycles. The molecule has 0 spiro atoms. The highest BCUT2D eigenvalue weighted by Gasteiger charge is 2.24. The van der Waals surface area contributed by atoms with Crippen LogP contribution in [0.5, 0.6) is 0 Å². The molecule has 108 valence electrons. The van der Waals surface area contributed by atoms with Gasteiger partial charge < -0.3 is 15.2 Å². The lowest BCUT2D eigenvalue weighted by molar-refractivity contribution is -0.0499. The molecular formula is C15H31NO2. The van der Waals surface area contributed by atoms with Gasteiger partial charge in [0.25, 0.3) is 0 Å². The highest BCUT2D eigenvalue weighted by Crippen LogP contribution is 2.29. The van der Waals surface area contributed by atoms with Crippen LogP contribution in [0.1, 0.15) is 52.9 Å². The fourth-order valence-electron chi connectivity index (χ4n) is 2.69. The maximum atomic E-state index is 9.86. The Morgan fingerprint density at radius 1 is 1.22 bits per heavy atom. The number of rotatable bonds is 8. The van der Waals surface area contributed by atoms with Crippen LogP contribution in [0.25, 0.3) is 0 Å². The standard InChI is InChI=1S/C15H31NO2/c1-4-13-7-5-6-8-15(13)18-11-14(17)10-16-9-12(2)3/h12-17H,4-11H2,1-3H3/t13-,14-,15+/m0/s1. The topological polar surface area (TPSA) is 41.5 Å². The molecule has 1 aliphatic rings. The monoisotopic (exact) mass is 257 g/mol. The Bertz CT molecular complexity index is 209. The van der Waals surface area contributed by atoms with Crippen molar-refractivity contribution in [2.45, 2.75) is 65.1 Å². The zero-order valence-corrected chi connectivity index (χ0v) is 12.3. The van der Waals surface area contributed by atoms with E-state index in [-0.39, 0.29) is 6.10 Å². The Kier molecular flexibility index (Phi) is 7.87. The minimum Gasteiger partial charge on any atom is -0.389 e. The summed E-state index contributed by atoms with van der Waals surface area (Å²) in [5.74, 6) is 1.33. The molecule has 0 saturated heterocycles. The van der Waals surface area contributed by atoms with E-state index >= 15 is 0 Å². The molecule has 0 amide bonds. The van der Waals surface area contributed by atoms with Gasteiger partial charge in [-0.1, -0.05) is 40.0 Å². The lowest BCUT2D eigenvalue weighted by Gasteiger charge is -2.31. The molecule has 3 nitrogen and oxygen atoms in total. The first-order valence-corrected chi connectivity index (χ1v) is 7.63. The summed E-state index contributed by atoms with van der Waals surface area (Å²) >= 11 is 0. The summed E-state index contributed by atoms with van der Waals surface area (Å²) in [6.45, 7) is 8.66. The summed E-state index contributed by atoms with van der Waals surface area (Å²) in [5, 5.41) is 13.1. The van der Waals surface area contributed by atoms with E-state index in [1.807, 2.05) is 0 Å². The van der Waals surface area contributed by atoms with Crippen molar-refractivity contribution < 1.29 is 9.84 Å². The maximum Gasteiger partial charge on any atom is 0.0897 e. The van der Waals surface area contributed by atoms with Crippen molar-refractivity contribution in [1.29, 1.82) is 0 Å². The van der Waals surface area contributed by atoms with Gasteiger partial charge in [0.1, 0.15) is 0 Å². The van der Waals surface area contributed by atoms with Crippen LogP contribution < -0.4 is 5.32 Å². The normalized spacial score (nSPS) is 26.5. The second-order valence-corrected chi connectivity index (χ2v) is 6.03. The molecule has 3 heteroatoms. The van der Waals surface area contributed by atoms with Crippen LogP contribution in [0.2, 0.25) is 0 Å². The average molecular weight is 257 g/mol. The molecule has 0 aromatic rings. The fourth-order valence-corrected chi connectivity index (χ4v) is 2.69. The first-order chi connectivity index (χ1) is 8.63. The van der Waals surface area contributed by atoms with Gasteiger partial charge in [-0.05, 0) is 31.2 Å². The number of hydrogen-bond acceptors (Lipinski definition) is 3. The van der Waals surface area contributed by atoms with E-state index in [1.54, 1.807) is 0 Å². The second-order valence-electron chi connectivity index (χ2n) is 6.03. The number of aliphatic hydroxyl groups is 1. The molecule has 1 fully saturated rings. The lowest BCUT2D eigenvalue weighted by atomic mass is 9.85. The quantitative estimate of drug-likeness (QED) is 0.702. The van der Waals surface area contributed by atoms with Gasteiger partial charge in [0, 0.05) is 6.54 Å². The van der Waals surface area contributed by atoms with Crippen LogP contribution >= 0.6 is 0 Å². The van der Waals surface area contributed by atoms with Gasteiger partial charge in [-0.3, -0.25) is 0 Å². The Hall–Kier alpha value is -0.120. The molecule has 18 heavy (non-hydrogen) atoms. The molecule has 0 heterocycles. The highest BCUT2D eigenvalue weighted by molar-refractivity contribution is 4.75. The van der Waals surface area contributed by atoms with Crippen molar-refractivity contribution in [3.63, 3.8) is 0 Å². The van der Waals surface area contributed by atoms with E-state index in [0.29, 0.717) is 31.1 Å². The fraction of sp³-hybridized carbons (Fsp3) is 1.00. The van der Waals surface area contributed by atoms with Gasteiger partial charge in [-0.2, -0.15) is 0 Å². The molecule has 0 aromatic carbocycles. The van der Waals surface area contributed by atoms with Crippen LogP contribution in [-0.2, 0) is 4.74 Å². The summed E-state index contributed by atoms with van der Waals surface area (Å²) in [6, 6.07) is 0. The first-order valence-electron chi connectivity index (χ1n) is 7.63. The number of aliphatic hydroxyl groups excluding tert-OH is 1. The molecule has 1 saturated carbocycles. The third-order valence-electron chi connectivity index (χ3n) is 3.80. The van der Waals surface area contributed by atoms with Gasteiger partial charge in [-0.25, -0.2) is 0 Å². The van der Waals surface area contributed by atoms with Crippen LogP contribution in [-0.4, -0.2) is 37.0 Å². The van der Waals surface area contributed by atoms with E-state index in [4.69, 9.17) is 4.74 Å². The molecule has 0 bridgehead atoms. The van der Waals surface area contributed by atoms with Gasteiger partial charge in [0.05, 0.1) is 18.8 Å².